The van der Waals surface area contributed by atoms with Gasteiger partial charge in [-0.25, -0.2) is 5.01 Å². The van der Waals surface area contributed by atoms with Crippen LogP contribution in [0.3, 0.4) is 0 Å². The van der Waals surface area contributed by atoms with E-state index in [1.807, 2.05) is 0 Å². The van der Waals surface area contributed by atoms with E-state index in [2.05, 4.69) is 10.4 Å². The van der Waals surface area contributed by atoms with Crippen LogP contribution in [0.1, 0.15) is 13.8 Å². The van der Waals surface area contributed by atoms with Gasteiger partial charge in [-0.2, -0.15) is 18.3 Å². The van der Waals surface area contributed by atoms with Crippen LogP contribution in [0.2, 0.25) is 0 Å². The summed E-state index contributed by atoms with van der Waals surface area (Å²) in [5.41, 5.74) is 1.10. The zero-order chi connectivity index (χ0) is 14.5. The molecule has 0 amide bonds. The Hall–Kier alpha value is -1.63. The molecule has 0 saturated heterocycles. The van der Waals surface area contributed by atoms with Crippen molar-refractivity contribution in [2.45, 2.75) is 20.0 Å². The molecule has 0 unspecified atom stereocenters. The molecule has 0 fully saturated rings. The number of nitrogens with one attached hydrogen (secondary N) is 1. The molecule has 19 heavy (non-hydrogen) atoms. The number of nitrogens with zero attached hydrogens (tertiary/aromatic N) is 2. The lowest BCUT2D eigenvalue weighted by Gasteiger charge is -2.22. The number of alkyl halides is 3. The normalized spacial score (nSPS) is 10.8. The molecular weight excluding hydrogens is 275 g/mol. The van der Waals surface area contributed by atoms with Gasteiger partial charge in [-0.1, -0.05) is 18.2 Å². The van der Waals surface area contributed by atoms with Crippen LogP contribution in [0, 0.1) is 0 Å². The predicted molar refractivity (Wildman–Crippen MR) is 74.2 cm³/mol. The quantitative estimate of drug-likeness (QED) is 0.523. The van der Waals surface area contributed by atoms with Gasteiger partial charge in [-0.05, 0) is 38.2 Å². The molecule has 3 nitrogen and oxygen atoms in total. The highest BCUT2D eigenvalue weighted by atomic mass is 32.1. The fourth-order valence-corrected chi connectivity index (χ4v) is 1.50. The van der Waals surface area contributed by atoms with Crippen molar-refractivity contribution in [3.8, 4) is 0 Å². The molecule has 0 aliphatic carbocycles. The number of hydrogen-bond donors (Lipinski definition) is 1. The van der Waals surface area contributed by atoms with Gasteiger partial charge in [0, 0.05) is 11.4 Å². The standard InChI is InChI=1S/C12H14F3N3S/c1-9(2)17-18(8-12(13,14)15)11(19)16-10-6-4-3-5-7-10/h3-7H,8H2,1-2H3,(H,16,19). The second kappa shape index (κ2) is 6.51. The van der Waals surface area contributed by atoms with Gasteiger partial charge in [0.05, 0.1) is 0 Å². The summed E-state index contributed by atoms with van der Waals surface area (Å²) in [6.07, 6.45) is -4.37. The van der Waals surface area contributed by atoms with Crippen LogP contribution < -0.4 is 5.32 Å². The van der Waals surface area contributed by atoms with E-state index in [4.69, 9.17) is 12.2 Å². The molecule has 0 spiro atoms. The van der Waals surface area contributed by atoms with E-state index >= 15 is 0 Å². The largest absolute Gasteiger partial charge is 0.408 e. The molecule has 1 aromatic rings. The molecule has 1 N–H and O–H groups in total. The molecule has 0 atom stereocenters. The van der Waals surface area contributed by atoms with Gasteiger partial charge >= 0.3 is 6.18 Å². The van der Waals surface area contributed by atoms with Crippen LogP contribution in [0.4, 0.5) is 18.9 Å². The minimum Gasteiger partial charge on any atom is -0.331 e. The second-order valence-electron chi connectivity index (χ2n) is 4.02. The summed E-state index contributed by atoms with van der Waals surface area (Å²) in [5, 5.41) is 7.15. The first-order valence-corrected chi connectivity index (χ1v) is 5.91. The molecular formula is C12H14F3N3S. The van der Waals surface area contributed by atoms with Gasteiger partial charge in [0.2, 0.25) is 0 Å². The summed E-state index contributed by atoms with van der Waals surface area (Å²) in [4.78, 5) is 0. The zero-order valence-electron chi connectivity index (χ0n) is 10.5. The van der Waals surface area contributed by atoms with Crippen LogP contribution in [0.5, 0.6) is 0 Å². The van der Waals surface area contributed by atoms with E-state index < -0.39 is 12.7 Å². The minimum absolute atomic E-state index is 0.0928. The van der Waals surface area contributed by atoms with E-state index in [-0.39, 0.29) is 5.11 Å². The van der Waals surface area contributed by atoms with Gasteiger partial charge in [-0.3, -0.25) is 0 Å². The average Bonchev–Trinajstić information content (AvgIpc) is 2.27. The molecule has 1 aromatic carbocycles. The summed E-state index contributed by atoms with van der Waals surface area (Å²) < 4.78 is 37.4. The molecule has 1 rings (SSSR count). The molecule has 0 aliphatic rings. The fraction of sp³-hybridized carbons (Fsp3) is 0.333. The number of rotatable bonds is 3. The molecule has 7 heteroatoms. The maximum absolute atomic E-state index is 12.5. The minimum atomic E-state index is -4.37. The van der Waals surface area contributed by atoms with Crippen molar-refractivity contribution in [1.29, 1.82) is 0 Å². The van der Waals surface area contributed by atoms with E-state index in [0.717, 1.165) is 5.01 Å². The average molecular weight is 289 g/mol. The van der Waals surface area contributed by atoms with Crippen LogP contribution in [0.25, 0.3) is 0 Å². The first-order chi connectivity index (χ1) is 8.78. The summed E-state index contributed by atoms with van der Waals surface area (Å²) in [6.45, 7) is 1.99. The van der Waals surface area contributed by atoms with Crippen molar-refractivity contribution >= 4 is 28.7 Å². The number of anilines is 1. The lowest BCUT2D eigenvalue weighted by Crippen LogP contribution is -2.38. The maximum atomic E-state index is 12.5. The molecule has 0 heterocycles. The Morgan fingerprint density at radius 2 is 1.84 bits per heavy atom. The number of para-hydroxylation sites is 1. The van der Waals surface area contributed by atoms with Gasteiger partial charge in [0.1, 0.15) is 6.54 Å². The maximum Gasteiger partial charge on any atom is 0.408 e. The van der Waals surface area contributed by atoms with Crippen molar-refractivity contribution in [3.05, 3.63) is 30.3 Å². The monoisotopic (exact) mass is 289 g/mol. The number of benzene rings is 1. The smallest absolute Gasteiger partial charge is 0.331 e. The predicted octanol–water partition coefficient (Wildman–Crippen LogP) is 3.64. The van der Waals surface area contributed by atoms with Crippen LogP contribution in [-0.4, -0.2) is 28.6 Å². The van der Waals surface area contributed by atoms with Gasteiger partial charge in [0.25, 0.3) is 0 Å². The van der Waals surface area contributed by atoms with E-state index in [0.29, 0.717) is 11.4 Å². The molecule has 0 aromatic heterocycles. The Kier molecular flexibility index (Phi) is 5.29. The summed E-state index contributed by atoms with van der Waals surface area (Å²) in [6, 6.07) is 8.73. The zero-order valence-corrected chi connectivity index (χ0v) is 11.3. The van der Waals surface area contributed by atoms with Crippen LogP contribution in [0.15, 0.2) is 35.4 Å². The van der Waals surface area contributed by atoms with Crippen LogP contribution >= 0.6 is 12.2 Å². The topological polar surface area (TPSA) is 27.6 Å². The Morgan fingerprint density at radius 3 is 2.32 bits per heavy atom. The lowest BCUT2D eigenvalue weighted by molar-refractivity contribution is -0.137. The van der Waals surface area contributed by atoms with E-state index in [1.54, 1.807) is 44.2 Å². The highest BCUT2D eigenvalue weighted by molar-refractivity contribution is 7.80. The fourth-order valence-electron chi connectivity index (χ4n) is 1.27. The Labute approximate surface area is 115 Å². The first-order valence-electron chi connectivity index (χ1n) is 5.50. The van der Waals surface area contributed by atoms with Gasteiger partial charge in [-0.15, -0.1) is 0 Å². The third kappa shape index (κ3) is 6.19. The number of hydrogen-bond acceptors (Lipinski definition) is 2. The molecule has 0 saturated carbocycles. The van der Waals surface area contributed by atoms with Gasteiger partial charge < -0.3 is 5.32 Å². The lowest BCUT2D eigenvalue weighted by atomic mass is 10.3. The van der Waals surface area contributed by atoms with Crippen molar-refractivity contribution in [2.24, 2.45) is 5.10 Å². The second-order valence-corrected chi connectivity index (χ2v) is 4.40. The van der Waals surface area contributed by atoms with Crippen molar-refractivity contribution in [1.82, 2.24) is 5.01 Å². The number of halogens is 3. The van der Waals surface area contributed by atoms with E-state index in [1.165, 1.54) is 0 Å². The molecule has 104 valence electrons. The number of thiocarbonyl (C=S) groups is 1. The third-order valence-electron chi connectivity index (χ3n) is 1.91. The Bertz CT molecular complexity index is 453. The van der Waals surface area contributed by atoms with Crippen molar-refractivity contribution in [2.75, 3.05) is 11.9 Å². The first kappa shape index (κ1) is 15.4. The third-order valence-corrected chi connectivity index (χ3v) is 2.22. The molecule has 0 bridgehead atoms. The highest BCUT2D eigenvalue weighted by Gasteiger charge is 2.32. The van der Waals surface area contributed by atoms with Crippen LogP contribution in [-0.2, 0) is 0 Å². The number of hydrazone groups is 1. The molecule has 0 radical (unpaired) electrons. The van der Waals surface area contributed by atoms with Crippen molar-refractivity contribution < 1.29 is 13.2 Å². The molecule has 0 aliphatic heterocycles. The van der Waals surface area contributed by atoms with Crippen molar-refractivity contribution in [3.63, 3.8) is 0 Å². The summed E-state index contributed by atoms with van der Waals surface area (Å²) >= 11 is 4.95. The Balaban J connectivity index is 2.80. The SMILES string of the molecule is CC(C)=NN(CC(F)(F)F)C(=S)Nc1ccccc1. The van der Waals surface area contributed by atoms with Gasteiger partial charge in [0.15, 0.2) is 5.11 Å². The highest BCUT2D eigenvalue weighted by Crippen LogP contribution is 2.18. The van der Waals surface area contributed by atoms with E-state index in [9.17, 15) is 13.2 Å². The Morgan fingerprint density at radius 1 is 1.26 bits per heavy atom. The summed E-state index contributed by atoms with van der Waals surface area (Å²) in [5.74, 6) is 0. The summed E-state index contributed by atoms with van der Waals surface area (Å²) in [7, 11) is 0.